The molecule has 2 nitrogen and oxygen atoms in total. The average Bonchev–Trinajstić information content (AvgIpc) is 2.26. The minimum Gasteiger partial charge on any atom is -0.271 e. The highest BCUT2D eigenvalue weighted by molar-refractivity contribution is 9.10. The SMILES string of the molecule is CCc1nn(C)c(CC)c1Br. The van der Waals surface area contributed by atoms with Crippen molar-refractivity contribution in [1.82, 2.24) is 9.78 Å². The van der Waals surface area contributed by atoms with E-state index in [0.717, 1.165) is 18.5 Å². The first-order valence-electron chi connectivity index (χ1n) is 3.90. The molecule has 0 aliphatic rings. The van der Waals surface area contributed by atoms with Crippen molar-refractivity contribution in [2.45, 2.75) is 26.7 Å². The molecule has 11 heavy (non-hydrogen) atoms. The number of aryl methyl sites for hydroxylation is 2. The molecule has 0 aliphatic carbocycles. The zero-order valence-corrected chi connectivity index (χ0v) is 8.77. The van der Waals surface area contributed by atoms with Gasteiger partial charge in [-0.05, 0) is 28.8 Å². The van der Waals surface area contributed by atoms with E-state index in [0.29, 0.717) is 0 Å². The molecule has 0 fully saturated rings. The second-order valence-electron chi connectivity index (χ2n) is 2.54. The van der Waals surface area contributed by atoms with Crippen LogP contribution >= 0.6 is 15.9 Å². The summed E-state index contributed by atoms with van der Waals surface area (Å²) in [5.74, 6) is 0. The molecule has 0 N–H and O–H groups in total. The maximum absolute atomic E-state index is 4.37. The summed E-state index contributed by atoms with van der Waals surface area (Å²) >= 11 is 3.54. The lowest BCUT2D eigenvalue weighted by Gasteiger charge is -1.95. The van der Waals surface area contributed by atoms with Gasteiger partial charge in [0.05, 0.1) is 15.9 Å². The number of hydrogen-bond acceptors (Lipinski definition) is 1. The molecule has 0 saturated heterocycles. The molecule has 0 amide bonds. The minimum atomic E-state index is 0.994. The molecule has 0 spiro atoms. The van der Waals surface area contributed by atoms with Gasteiger partial charge in [-0.25, -0.2) is 0 Å². The predicted molar refractivity (Wildman–Crippen MR) is 49.7 cm³/mol. The van der Waals surface area contributed by atoms with Crippen molar-refractivity contribution in [1.29, 1.82) is 0 Å². The summed E-state index contributed by atoms with van der Waals surface area (Å²) in [6.45, 7) is 4.26. The number of hydrogen-bond donors (Lipinski definition) is 0. The van der Waals surface area contributed by atoms with Crippen LogP contribution in [0, 0.1) is 0 Å². The summed E-state index contributed by atoms with van der Waals surface area (Å²) in [6, 6.07) is 0. The Morgan fingerprint density at radius 1 is 1.36 bits per heavy atom. The van der Waals surface area contributed by atoms with Crippen LogP contribution in [-0.4, -0.2) is 9.78 Å². The monoisotopic (exact) mass is 216 g/mol. The molecular weight excluding hydrogens is 204 g/mol. The molecule has 0 bridgehead atoms. The van der Waals surface area contributed by atoms with E-state index in [1.54, 1.807) is 0 Å². The van der Waals surface area contributed by atoms with Crippen molar-refractivity contribution in [3.8, 4) is 0 Å². The van der Waals surface area contributed by atoms with Crippen LogP contribution in [0.2, 0.25) is 0 Å². The topological polar surface area (TPSA) is 17.8 Å². The summed E-state index contributed by atoms with van der Waals surface area (Å²) in [7, 11) is 1.99. The first-order chi connectivity index (χ1) is 5.20. The molecular formula is C8H13BrN2. The summed E-state index contributed by atoms with van der Waals surface area (Å²) in [4.78, 5) is 0. The molecule has 1 aromatic heterocycles. The van der Waals surface area contributed by atoms with Crippen molar-refractivity contribution in [2.75, 3.05) is 0 Å². The fraction of sp³-hybridized carbons (Fsp3) is 0.625. The highest BCUT2D eigenvalue weighted by Crippen LogP contribution is 2.21. The molecule has 0 atom stereocenters. The third kappa shape index (κ3) is 1.48. The predicted octanol–water partition coefficient (Wildman–Crippen LogP) is 2.31. The molecule has 1 aromatic rings. The van der Waals surface area contributed by atoms with Gasteiger partial charge in [0.2, 0.25) is 0 Å². The van der Waals surface area contributed by atoms with Gasteiger partial charge in [0.15, 0.2) is 0 Å². The fourth-order valence-electron chi connectivity index (χ4n) is 1.20. The third-order valence-electron chi connectivity index (χ3n) is 1.84. The molecule has 1 rings (SSSR count). The second kappa shape index (κ2) is 3.39. The quantitative estimate of drug-likeness (QED) is 0.743. The van der Waals surface area contributed by atoms with Crippen LogP contribution in [0.25, 0.3) is 0 Å². The van der Waals surface area contributed by atoms with E-state index < -0.39 is 0 Å². The highest BCUT2D eigenvalue weighted by atomic mass is 79.9. The van der Waals surface area contributed by atoms with Crippen LogP contribution in [0.5, 0.6) is 0 Å². The van der Waals surface area contributed by atoms with E-state index in [2.05, 4.69) is 34.9 Å². The van der Waals surface area contributed by atoms with Crippen LogP contribution in [0.15, 0.2) is 4.47 Å². The van der Waals surface area contributed by atoms with E-state index in [-0.39, 0.29) is 0 Å². The van der Waals surface area contributed by atoms with Gasteiger partial charge in [0.25, 0.3) is 0 Å². The van der Waals surface area contributed by atoms with Crippen molar-refractivity contribution in [3.63, 3.8) is 0 Å². The van der Waals surface area contributed by atoms with Crippen LogP contribution in [-0.2, 0) is 19.9 Å². The smallest absolute Gasteiger partial charge is 0.0766 e. The van der Waals surface area contributed by atoms with Crippen molar-refractivity contribution < 1.29 is 0 Å². The molecule has 3 heteroatoms. The third-order valence-corrected chi connectivity index (χ3v) is 2.75. The zero-order valence-electron chi connectivity index (χ0n) is 7.19. The van der Waals surface area contributed by atoms with Gasteiger partial charge in [-0.2, -0.15) is 5.10 Å². The number of halogens is 1. The Hall–Kier alpha value is -0.310. The van der Waals surface area contributed by atoms with Gasteiger partial charge in [-0.1, -0.05) is 13.8 Å². The van der Waals surface area contributed by atoms with Crippen LogP contribution < -0.4 is 0 Å². The number of aromatic nitrogens is 2. The summed E-state index contributed by atoms with van der Waals surface area (Å²) < 4.78 is 3.13. The normalized spacial score (nSPS) is 10.5. The first-order valence-corrected chi connectivity index (χ1v) is 4.70. The lowest BCUT2D eigenvalue weighted by atomic mass is 10.3. The van der Waals surface area contributed by atoms with Gasteiger partial charge in [-0.15, -0.1) is 0 Å². The van der Waals surface area contributed by atoms with Gasteiger partial charge < -0.3 is 0 Å². The van der Waals surface area contributed by atoms with Gasteiger partial charge in [0, 0.05) is 7.05 Å². The number of rotatable bonds is 2. The van der Waals surface area contributed by atoms with Crippen LogP contribution in [0.4, 0.5) is 0 Å². The highest BCUT2D eigenvalue weighted by Gasteiger charge is 2.09. The van der Waals surface area contributed by atoms with Crippen molar-refractivity contribution in [3.05, 3.63) is 15.9 Å². The summed E-state index contributed by atoms with van der Waals surface area (Å²) in [5, 5.41) is 4.37. The Morgan fingerprint density at radius 3 is 2.27 bits per heavy atom. The maximum Gasteiger partial charge on any atom is 0.0766 e. The average molecular weight is 217 g/mol. The summed E-state index contributed by atoms with van der Waals surface area (Å²) in [5.41, 5.74) is 2.44. The molecule has 0 saturated carbocycles. The van der Waals surface area contributed by atoms with Crippen LogP contribution in [0.3, 0.4) is 0 Å². The molecule has 62 valence electrons. The largest absolute Gasteiger partial charge is 0.271 e. The van der Waals surface area contributed by atoms with E-state index in [1.807, 2.05) is 11.7 Å². The van der Waals surface area contributed by atoms with Gasteiger partial charge in [-0.3, -0.25) is 4.68 Å². The molecule has 0 aromatic carbocycles. The zero-order chi connectivity index (χ0) is 8.43. The second-order valence-corrected chi connectivity index (χ2v) is 3.33. The van der Waals surface area contributed by atoms with Gasteiger partial charge >= 0.3 is 0 Å². The standard InChI is InChI=1S/C8H13BrN2/c1-4-6-8(9)7(5-2)11(3)10-6/h4-5H2,1-3H3. The molecule has 0 unspecified atom stereocenters. The Kier molecular flexibility index (Phi) is 2.71. The van der Waals surface area contributed by atoms with E-state index in [4.69, 9.17) is 0 Å². The molecule has 0 radical (unpaired) electrons. The lowest BCUT2D eigenvalue weighted by Crippen LogP contribution is -1.96. The molecule has 1 heterocycles. The Bertz CT molecular complexity index is 253. The fourth-order valence-corrected chi connectivity index (χ4v) is 2.10. The Labute approximate surface area is 75.7 Å². The van der Waals surface area contributed by atoms with E-state index in [1.165, 1.54) is 10.2 Å². The Morgan fingerprint density at radius 2 is 2.00 bits per heavy atom. The molecule has 0 aliphatic heterocycles. The summed E-state index contributed by atoms with van der Waals surface area (Å²) in [6.07, 6.45) is 2.03. The van der Waals surface area contributed by atoms with E-state index in [9.17, 15) is 0 Å². The van der Waals surface area contributed by atoms with Gasteiger partial charge in [0.1, 0.15) is 0 Å². The van der Waals surface area contributed by atoms with Crippen molar-refractivity contribution in [2.24, 2.45) is 7.05 Å². The maximum atomic E-state index is 4.37. The van der Waals surface area contributed by atoms with Crippen molar-refractivity contribution >= 4 is 15.9 Å². The van der Waals surface area contributed by atoms with Crippen LogP contribution in [0.1, 0.15) is 25.2 Å². The van der Waals surface area contributed by atoms with E-state index >= 15 is 0 Å². The Balaban J connectivity index is 3.14. The first kappa shape index (κ1) is 8.78. The lowest BCUT2D eigenvalue weighted by molar-refractivity contribution is 0.704. The minimum absolute atomic E-state index is 0.994. The number of nitrogens with zero attached hydrogens (tertiary/aromatic N) is 2.